The van der Waals surface area contributed by atoms with E-state index in [0.29, 0.717) is 39.7 Å². The van der Waals surface area contributed by atoms with Crippen LogP contribution in [0.1, 0.15) is 39.4 Å². The number of nitrogen functional groups attached to an aromatic ring is 1. The van der Waals surface area contributed by atoms with Crippen molar-refractivity contribution < 1.29 is 9.59 Å². The Hall–Kier alpha value is -4.79. The van der Waals surface area contributed by atoms with Crippen molar-refractivity contribution in [3.63, 3.8) is 0 Å². The van der Waals surface area contributed by atoms with Crippen LogP contribution in [0.3, 0.4) is 0 Å². The summed E-state index contributed by atoms with van der Waals surface area (Å²) in [4.78, 5) is 42.7. The molecule has 5 rings (SSSR count). The lowest BCUT2D eigenvalue weighted by Crippen LogP contribution is -2.32. The molecule has 9 heteroatoms. The van der Waals surface area contributed by atoms with Crippen LogP contribution in [-0.2, 0) is 0 Å². The molecular weight excluding hydrogens is 432 g/mol. The number of carbonyl (C=O) groups excluding carboxylic acids is 2. The zero-order valence-electron chi connectivity index (χ0n) is 18.2. The molecule has 0 bridgehead atoms. The largest absolute Gasteiger partial charge is 0.381 e. The normalized spacial score (nSPS) is 12.0. The van der Waals surface area contributed by atoms with Gasteiger partial charge in [0.2, 0.25) is 0 Å². The number of benzene rings is 2. The smallest absolute Gasteiger partial charge is 0.263 e. The third-order valence-electron chi connectivity index (χ3n) is 5.69. The molecule has 0 unspecified atom stereocenters. The van der Waals surface area contributed by atoms with Crippen molar-refractivity contribution in [1.29, 1.82) is 0 Å². The first-order chi connectivity index (χ1) is 16.5. The Labute approximate surface area is 193 Å². The molecule has 0 spiro atoms. The van der Waals surface area contributed by atoms with Gasteiger partial charge < -0.3 is 11.1 Å². The zero-order valence-corrected chi connectivity index (χ0v) is 18.2. The molecule has 0 saturated heterocycles. The van der Waals surface area contributed by atoms with E-state index in [2.05, 4.69) is 15.4 Å². The topological polar surface area (TPSA) is 124 Å². The molecule has 0 saturated carbocycles. The molecule has 1 atom stereocenters. The first kappa shape index (κ1) is 21.1. The second-order valence-corrected chi connectivity index (χ2v) is 7.82. The third kappa shape index (κ3) is 3.39. The van der Waals surface area contributed by atoms with E-state index in [1.165, 1.54) is 9.08 Å². The molecule has 2 aromatic carbocycles. The van der Waals surface area contributed by atoms with E-state index in [9.17, 15) is 14.4 Å². The van der Waals surface area contributed by atoms with Gasteiger partial charge in [-0.25, -0.2) is 9.50 Å². The second-order valence-electron chi connectivity index (χ2n) is 7.82. The van der Waals surface area contributed by atoms with E-state index in [0.717, 1.165) is 0 Å². The summed E-state index contributed by atoms with van der Waals surface area (Å²) in [5.41, 5.74) is 7.61. The van der Waals surface area contributed by atoms with Gasteiger partial charge in [-0.3, -0.25) is 19.0 Å². The van der Waals surface area contributed by atoms with Crippen LogP contribution in [-0.4, -0.2) is 31.4 Å². The van der Waals surface area contributed by atoms with E-state index in [4.69, 9.17) is 5.73 Å². The molecule has 0 aliphatic carbocycles. The summed E-state index contributed by atoms with van der Waals surface area (Å²) < 4.78 is 2.95. The minimum Gasteiger partial charge on any atom is -0.381 e. The number of carbonyl (C=O) groups is 2. The van der Waals surface area contributed by atoms with Crippen LogP contribution in [0.25, 0.3) is 22.1 Å². The fraction of sp³-hybridized carbons (Fsp3) is 0.0800. The number of nitrogens with zero attached hydrogens (tertiary/aromatic N) is 4. The lowest BCUT2D eigenvalue weighted by molar-refractivity contribution is 0.0940. The van der Waals surface area contributed by atoms with Crippen molar-refractivity contribution in [2.75, 3.05) is 5.73 Å². The Morgan fingerprint density at radius 1 is 1.12 bits per heavy atom. The summed E-state index contributed by atoms with van der Waals surface area (Å²) >= 11 is 0. The molecule has 3 aromatic heterocycles. The highest BCUT2D eigenvalue weighted by atomic mass is 16.2. The van der Waals surface area contributed by atoms with E-state index < -0.39 is 11.9 Å². The standard InChI is InChI=1S/C25H20N6O3/c1-15(28-24(33)21-22(26)29-30-12-6-11-27-23(21)30)19-13-16-7-5-8-17(14-32)20(16)25(34)31(19)18-9-3-2-4-10-18/h2-15H,1H3,(H2,26,29)(H,28,33)/t15-/m0/s1. The van der Waals surface area contributed by atoms with Crippen molar-refractivity contribution in [3.8, 4) is 5.69 Å². The van der Waals surface area contributed by atoms with Gasteiger partial charge in [0.1, 0.15) is 5.56 Å². The molecule has 3 N–H and O–H groups in total. The Bertz CT molecular complexity index is 1620. The summed E-state index contributed by atoms with van der Waals surface area (Å²) in [6, 6.07) is 17.1. The number of rotatable bonds is 5. The van der Waals surface area contributed by atoms with Gasteiger partial charge in [0.25, 0.3) is 11.5 Å². The van der Waals surface area contributed by atoms with Crippen LogP contribution in [0.2, 0.25) is 0 Å². The van der Waals surface area contributed by atoms with Crippen LogP contribution in [0.5, 0.6) is 0 Å². The molecule has 3 heterocycles. The minimum absolute atomic E-state index is 0.0537. The van der Waals surface area contributed by atoms with Crippen molar-refractivity contribution in [2.45, 2.75) is 13.0 Å². The average Bonchev–Trinajstić information content (AvgIpc) is 3.19. The number of pyridine rings is 1. The maximum absolute atomic E-state index is 13.6. The first-order valence-electron chi connectivity index (χ1n) is 10.6. The van der Waals surface area contributed by atoms with Crippen LogP contribution >= 0.6 is 0 Å². The Morgan fingerprint density at radius 3 is 2.68 bits per heavy atom. The Balaban J connectivity index is 1.65. The summed E-state index contributed by atoms with van der Waals surface area (Å²) in [5.74, 6) is -0.412. The van der Waals surface area contributed by atoms with Gasteiger partial charge in [-0.2, -0.15) is 0 Å². The van der Waals surface area contributed by atoms with Gasteiger partial charge >= 0.3 is 0 Å². The van der Waals surface area contributed by atoms with E-state index in [1.807, 2.05) is 18.2 Å². The number of hydrogen-bond acceptors (Lipinski definition) is 6. The predicted octanol–water partition coefficient (Wildman–Crippen LogP) is 2.92. The number of para-hydroxylation sites is 1. The highest BCUT2D eigenvalue weighted by Gasteiger charge is 2.23. The number of hydrogen-bond donors (Lipinski definition) is 2. The van der Waals surface area contributed by atoms with Gasteiger partial charge in [0, 0.05) is 29.3 Å². The summed E-state index contributed by atoms with van der Waals surface area (Å²) in [6.07, 6.45) is 3.88. The maximum Gasteiger partial charge on any atom is 0.263 e. The summed E-state index contributed by atoms with van der Waals surface area (Å²) in [5, 5.41) is 7.98. The van der Waals surface area contributed by atoms with Crippen molar-refractivity contribution in [3.05, 3.63) is 100 Å². The number of aldehydes is 1. The number of fused-ring (bicyclic) bond motifs is 2. The first-order valence-corrected chi connectivity index (χ1v) is 10.6. The molecule has 0 aliphatic rings. The van der Waals surface area contributed by atoms with Gasteiger partial charge in [-0.1, -0.05) is 36.4 Å². The van der Waals surface area contributed by atoms with Gasteiger partial charge in [-0.05, 0) is 36.6 Å². The zero-order chi connectivity index (χ0) is 23.8. The molecule has 168 valence electrons. The number of amides is 1. The van der Waals surface area contributed by atoms with E-state index >= 15 is 0 Å². The van der Waals surface area contributed by atoms with Gasteiger partial charge in [-0.15, -0.1) is 5.10 Å². The number of nitrogens with one attached hydrogen (secondary N) is 1. The van der Waals surface area contributed by atoms with Crippen LogP contribution in [0, 0.1) is 0 Å². The van der Waals surface area contributed by atoms with Gasteiger partial charge in [0.15, 0.2) is 17.8 Å². The Morgan fingerprint density at radius 2 is 1.91 bits per heavy atom. The molecule has 0 fully saturated rings. The average molecular weight is 452 g/mol. The molecular formula is C25H20N6O3. The lowest BCUT2D eigenvalue weighted by atomic mass is 10.0. The fourth-order valence-electron chi connectivity index (χ4n) is 4.13. The molecule has 1 amide bonds. The van der Waals surface area contributed by atoms with E-state index in [-0.39, 0.29) is 16.9 Å². The van der Waals surface area contributed by atoms with Crippen molar-refractivity contribution in [1.82, 2.24) is 24.5 Å². The SMILES string of the molecule is C[C@H](NC(=O)c1c(N)nn2cccnc12)c1cc2cccc(C=O)c2c(=O)n1-c1ccccc1. The molecule has 0 radical (unpaired) electrons. The van der Waals surface area contributed by atoms with Crippen molar-refractivity contribution in [2.24, 2.45) is 0 Å². The Kier molecular flexibility index (Phi) is 5.14. The minimum atomic E-state index is -0.595. The van der Waals surface area contributed by atoms with Crippen LogP contribution in [0.15, 0.2) is 77.9 Å². The quantitative estimate of drug-likeness (QED) is 0.395. The fourth-order valence-corrected chi connectivity index (χ4v) is 4.13. The highest BCUT2D eigenvalue weighted by molar-refractivity contribution is 6.04. The number of nitrogens with two attached hydrogens (primary N) is 1. The van der Waals surface area contributed by atoms with Crippen LogP contribution in [0.4, 0.5) is 5.82 Å². The highest BCUT2D eigenvalue weighted by Crippen LogP contribution is 2.24. The summed E-state index contributed by atoms with van der Waals surface area (Å²) in [7, 11) is 0. The predicted molar refractivity (Wildman–Crippen MR) is 128 cm³/mol. The number of anilines is 1. The second kappa shape index (κ2) is 8.28. The maximum atomic E-state index is 13.6. The number of aromatic nitrogens is 4. The summed E-state index contributed by atoms with van der Waals surface area (Å²) in [6.45, 7) is 1.77. The molecule has 9 nitrogen and oxygen atoms in total. The van der Waals surface area contributed by atoms with Crippen LogP contribution < -0.4 is 16.6 Å². The van der Waals surface area contributed by atoms with Gasteiger partial charge in [0.05, 0.1) is 11.4 Å². The lowest BCUT2D eigenvalue weighted by Gasteiger charge is -2.21. The molecule has 34 heavy (non-hydrogen) atoms. The van der Waals surface area contributed by atoms with E-state index in [1.54, 1.807) is 61.8 Å². The monoisotopic (exact) mass is 452 g/mol. The molecule has 0 aliphatic heterocycles. The van der Waals surface area contributed by atoms with Crippen molar-refractivity contribution >= 4 is 34.4 Å². The third-order valence-corrected chi connectivity index (χ3v) is 5.69. The molecule has 5 aromatic rings.